The molecule has 0 rings (SSSR count). The molecule has 0 fully saturated rings. The number of esters is 1. The number of carbonyl (C=O) groups is 1. The predicted molar refractivity (Wildman–Crippen MR) is 49.3 cm³/mol. The molecule has 0 heterocycles. The number of methoxy groups -OCH3 is 1. The first-order valence-corrected chi connectivity index (χ1v) is 12.8. The van der Waals surface area contributed by atoms with Crippen molar-refractivity contribution in [2.75, 3.05) is 7.11 Å². The Morgan fingerprint density at radius 1 is 1.55 bits per heavy atom. The van der Waals surface area contributed by atoms with Gasteiger partial charge in [0.15, 0.2) is 0 Å². The van der Waals surface area contributed by atoms with Crippen LogP contribution in [0.3, 0.4) is 0 Å². The molecule has 1 unspecified atom stereocenters. The number of ether oxygens (including phenoxy) is 1. The topological polar surface area (TPSA) is 26.3 Å². The summed E-state index contributed by atoms with van der Waals surface area (Å²) >= 11 is 0. The van der Waals surface area contributed by atoms with E-state index in [-0.39, 0.29) is 11.9 Å². The van der Waals surface area contributed by atoms with Crippen LogP contribution in [0, 0.1) is 5.92 Å². The summed E-state index contributed by atoms with van der Waals surface area (Å²) in [6, 6.07) is 0. The summed E-state index contributed by atoms with van der Waals surface area (Å²) in [5, 5.41) is 0.358. The average Bonchev–Trinajstić information content (AvgIpc) is 1.82. The first-order chi connectivity index (χ1) is 4.87. The molecule has 66 valence electrons. The fourth-order valence-corrected chi connectivity index (χ4v) is 6.05. The number of halogens is 3. The van der Waals surface area contributed by atoms with Gasteiger partial charge in [-0.25, -0.2) is 0 Å². The Bertz CT molecular complexity index is 145. The van der Waals surface area contributed by atoms with Gasteiger partial charge in [0.1, 0.15) is 0 Å². The zero-order valence-electron chi connectivity index (χ0n) is 6.23. The third-order valence-electron chi connectivity index (χ3n) is 1.14. The second kappa shape index (κ2) is 4.80. The molecule has 6 heteroatoms. The van der Waals surface area contributed by atoms with Crippen molar-refractivity contribution in [1.82, 2.24) is 0 Å². The van der Waals surface area contributed by atoms with Crippen LogP contribution in [-0.2, 0) is 9.53 Å². The van der Waals surface area contributed by atoms with E-state index in [0.717, 1.165) is 0 Å². The third kappa shape index (κ3) is 6.08. The van der Waals surface area contributed by atoms with Crippen molar-refractivity contribution in [2.45, 2.75) is 12.2 Å². The Morgan fingerprint density at radius 2 is 2.00 bits per heavy atom. The molecule has 0 bridgehead atoms. The van der Waals surface area contributed by atoms with Crippen LogP contribution >= 0.6 is 30.0 Å². The van der Waals surface area contributed by atoms with Gasteiger partial charge in [0, 0.05) is 0 Å². The van der Waals surface area contributed by atoms with E-state index in [4.69, 9.17) is 30.0 Å². The van der Waals surface area contributed by atoms with Crippen LogP contribution in [0.1, 0.15) is 6.92 Å². The number of hydrogen-bond donors (Lipinski definition) is 0. The van der Waals surface area contributed by atoms with Gasteiger partial charge in [-0.3, -0.25) is 0 Å². The molecule has 0 aliphatic rings. The van der Waals surface area contributed by atoms with Gasteiger partial charge < -0.3 is 0 Å². The summed E-state index contributed by atoms with van der Waals surface area (Å²) in [5.41, 5.74) is 0. The number of hydrogen-bond acceptors (Lipinski definition) is 2. The molecule has 1 atom stereocenters. The van der Waals surface area contributed by atoms with E-state index in [1.807, 2.05) is 0 Å². The maximum absolute atomic E-state index is 10.8. The molecular formula is C5H9Cl3GeO2. The summed E-state index contributed by atoms with van der Waals surface area (Å²) in [7, 11) is 15.1. The molecule has 0 spiro atoms. The predicted octanol–water partition coefficient (Wildman–Crippen LogP) is 2.45. The molecular weight excluding hydrogens is 271 g/mol. The van der Waals surface area contributed by atoms with Crippen molar-refractivity contribution in [3.8, 4) is 0 Å². The van der Waals surface area contributed by atoms with Crippen LogP contribution in [0.5, 0.6) is 0 Å². The van der Waals surface area contributed by atoms with Gasteiger partial charge in [0.2, 0.25) is 0 Å². The standard InChI is InChI=1S/C5H9Cl3GeO2/c1-4(5(10)11-2)3-9(6,7)8/h4H,3H2,1-2H3. The first kappa shape index (κ1) is 11.9. The Labute approximate surface area is 81.0 Å². The quantitative estimate of drug-likeness (QED) is 0.586. The molecule has 0 aromatic heterocycles. The molecule has 0 aliphatic carbocycles. The Kier molecular flexibility index (Phi) is 5.18. The minimum absolute atomic E-state index is 0.299. The molecule has 0 aromatic rings. The van der Waals surface area contributed by atoms with E-state index in [9.17, 15) is 4.79 Å². The van der Waals surface area contributed by atoms with Gasteiger partial charge in [-0.05, 0) is 0 Å². The van der Waals surface area contributed by atoms with Crippen molar-refractivity contribution in [3.05, 3.63) is 0 Å². The van der Waals surface area contributed by atoms with E-state index in [2.05, 4.69) is 4.74 Å². The summed E-state index contributed by atoms with van der Waals surface area (Å²) in [6.07, 6.45) is 0. The number of rotatable bonds is 3. The van der Waals surface area contributed by atoms with Crippen molar-refractivity contribution >= 4 is 46.5 Å². The zero-order valence-corrected chi connectivity index (χ0v) is 10.6. The third-order valence-corrected chi connectivity index (χ3v) is 5.80. The number of carbonyl (C=O) groups excluding carboxylic acids is 1. The molecule has 0 N–H and O–H groups in total. The van der Waals surface area contributed by atoms with Crippen molar-refractivity contribution in [1.29, 1.82) is 0 Å². The van der Waals surface area contributed by atoms with E-state index in [1.165, 1.54) is 7.11 Å². The van der Waals surface area contributed by atoms with Gasteiger partial charge in [0.25, 0.3) is 0 Å². The molecule has 2 nitrogen and oxygen atoms in total. The first-order valence-electron chi connectivity index (χ1n) is 3.01. The fourth-order valence-electron chi connectivity index (χ4n) is 0.632. The van der Waals surface area contributed by atoms with Crippen LogP contribution < -0.4 is 0 Å². The molecule has 11 heavy (non-hydrogen) atoms. The zero-order chi connectivity index (χ0) is 9.07. The normalized spacial score (nSPS) is 14.3. The van der Waals surface area contributed by atoms with E-state index in [0.29, 0.717) is 5.25 Å². The van der Waals surface area contributed by atoms with Crippen LogP contribution in [0.2, 0.25) is 5.25 Å². The van der Waals surface area contributed by atoms with Gasteiger partial charge in [-0.2, -0.15) is 0 Å². The SMILES string of the molecule is COC(=O)C(C)[CH2][Ge]([Cl])([Cl])[Cl]. The van der Waals surface area contributed by atoms with Crippen molar-refractivity contribution in [3.63, 3.8) is 0 Å². The molecule has 0 saturated heterocycles. The summed E-state index contributed by atoms with van der Waals surface area (Å²) in [6.45, 7) is 1.69. The van der Waals surface area contributed by atoms with Gasteiger partial charge in [-0.1, -0.05) is 0 Å². The molecule has 0 radical (unpaired) electrons. The van der Waals surface area contributed by atoms with E-state index in [1.54, 1.807) is 6.92 Å². The van der Waals surface area contributed by atoms with Gasteiger partial charge >= 0.3 is 81.2 Å². The monoisotopic (exact) mass is 280 g/mol. The minimum atomic E-state index is -3.14. The van der Waals surface area contributed by atoms with Crippen LogP contribution in [-0.4, -0.2) is 23.6 Å². The summed E-state index contributed by atoms with van der Waals surface area (Å²) < 4.78 is 4.47. The van der Waals surface area contributed by atoms with E-state index < -0.39 is 10.5 Å². The molecule has 0 amide bonds. The van der Waals surface area contributed by atoms with Crippen LogP contribution in [0.15, 0.2) is 0 Å². The van der Waals surface area contributed by atoms with Crippen molar-refractivity contribution in [2.24, 2.45) is 5.92 Å². The maximum atomic E-state index is 10.8. The van der Waals surface area contributed by atoms with E-state index >= 15 is 0 Å². The fraction of sp³-hybridized carbons (Fsp3) is 0.800. The summed E-state index contributed by atoms with van der Waals surface area (Å²) in [5.74, 6) is -0.616. The average molecular weight is 280 g/mol. The second-order valence-electron chi connectivity index (χ2n) is 2.24. The van der Waals surface area contributed by atoms with Gasteiger partial charge in [-0.15, -0.1) is 0 Å². The molecule has 0 aliphatic heterocycles. The van der Waals surface area contributed by atoms with Crippen LogP contribution in [0.4, 0.5) is 0 Å². The molecule has 0 aromatic carbocycles. The Balaban J connectivity index is 3.87. The Morgan fingerprint density at radius 3 is 2.27 bits per heavy atom. The molecule has 0 saturated carbocycles. The second-order valence-corrected chi connectivity index (χ2v) is 18.8. The summed E-state index contributed by atoms with van der Waals surface area (Å²) in [4.78, 5) is 10.8. The Hall–Kier alpha value is 0.883. The van der Waals surface area contributed by atoms with Crippen molar-refractivity contribution < 1.29 is 9.53 Å². The van der Waals surface area contributed by atoms with Crippen LogP contribution in [0.25, 0.3) is 0 Å². The van der Waals surface area contributed by atoms with Gasteiger partial charge in [0.05, 0.1) is 0 Å².